The molecule has 2 aliphatic rings. The zero-order valence-corrected chi connectivity index (χ0v) is 19.0. The van der Waals surface area contributed by atoms with Crippen LogP contribution in [-0.2, 0) is 14.3 Å². The number of carbonyl (C=O) groups excluding carboxylic acids is 2. The van der Waals surface area contributed by atoms with Gasteiger partial charge < -0.3 is 20.1 Å². The predicted octanol–water partition coefficient (Wildman–Crippen LogP) is 3.87. The fourth-order valence-corrected chi connectivity index (χ4v) is 4.86. The summed E-state index contributed by atoms with van der Waals surface area (Å²) in [6, 6.07) is 15.5. The summed E-state index contributed by atoms with van der Waals surface area (Å²) in [7, 11) is 0. The van der Waals surface area contributed by atoms with Gasteiger partial charge in [-0.15, -0.1) is 0 Å². The van der Waals surface area contributed by atoms with E-state index in [2.05, 4.69) is 29.6 Å². The molecule has 1 aliphatic carbocycles. The molecule has 2 N–H and O–H groups in total. The summed E-state index contributed by atoms with van der Waals surface area (Å²) in [5.41, 5.74) is 4.55. The van der Waals surface area contributed by atoms with Crippen LogP contribution in [0.15, 0.2) is 48.5 Å². The fraction of sp³-hybridized carbons (Fsp3) is 0.423. The minimum Gasteiger partial charge on any atom is -0.481 e. The number of rotatable bonds is 7. The molecule has 1 heterocycles. The number of ether oxygens (including phenoxy) is 1. The fourth-order valence-electron chi connectivity index (χ4n) is 4.86. The topological polar surface area (TPSA) is 95.9 Å². The normalized spacial score (nSPS) is 18.0. The largest absolute Gasteiger partial charge is 0.481 e. The van der Waals surface area contributed by atoms with Gasteiger partial charge in [0.05, 0.1) is 5.92 Å². The molecule has 1 aliphatic heterocycles. The van der Waals surface area contributed by atoms with Crippen LogP contribution in [0, 0.1) is 11.8 Å². The summed E-state index contributed by atoms with van der Waals surface area (Å²) in [5.74, 6) is -1.58. The second kappa shape index (κ2) is 9.65. The molecule has 0 saturated carbocycles. The Morgan fingerprint density at radius 1 is 1.06 bits per heavy atom. The molecule has 0 aromatic heterocycles. The maximum absolute atomic E-state index is 13.0. The average Bonchev–Trinajstić information content (AvgIpc) is 3.40. The van der Waals surface area contributed by atoms with Crippen molar-refractivity contribution in [1.82, 2.24) is 10.2 Å². The van der Waals surface area contributed by atoms with E-state index in [9.17, 15) is 19.5 Å². The van der Waals surface area contributed by atoms with Gasteiger partial charge in [-0.25, -0.2) is 4.79 Å². The Kier molecular flexibility index (Phi) is 6.67. The summed E-state index contributed by atoms with van der Waals surface area (Å²) >= 11 is 0. The highest BCUT2D eigenvalue weighted by molar-refractivity contribution is 5.87. The minimum absolute atomic E-state index is 0.0580. The number of amides is 2. The first kappa shape index (κ1) is 22.8. The number of carboxylic acids is 1. The smallest absolute Gasteiger partial charge is 0.407 e. The zero-order chi connectivity index (χ0) is 23.5. The van der Waals surface area contributed by atoms with E-state index in [0.717, 1.165) is 22.3 Å². The Morgan fingerprint density at radius 3 is 2.21 bits per heavy atom. The Balaban J connectivity index is 1.41. The monoisotopic (exact) mass is 450 g/mol. The first-order valence-electron chi connectivity index (χ1n) is 11.5. The molecule has 2 atom stereocenters. The number of aliphatic carboxylic acids is 1. The van der Waals surface area contributed by atoms with Crippen LogP contribution in [0.4, 0.5) is 4.79 Å². The van der Waals surface area contributed by atoms with E-state index in [1.165, 1.54) is 4.90 Å². The molecule has 174 valence electrons. The number of hydrogen-bond acceptors (Lipinski definition) is 4. The van der Waals surface area contributed by atoms with Crippen LogP contribution in [0.2, 0.25) is 0 Å². The molecule has 0 bridgehead atoms. The maximum Gasteiger partial charge on any atom is 0.407 e. The number of benzene rings is 2. The second-order valence-electron chi connectivity index (χ2n) is 9.26. The highest BCUT2D eigenvalue weighted by Gasteiger charge is 2.35. The molecule has 1 fully saturated rings. The molecule has 7 heteroatoms. The lowest BCUT2D eigenvalue weighted by Crippen LogP contribution is -2.49. The molecule has 2 aromatic rings. The molecule has 4 rings (SSSR count). The van der Waals surface area contributed by atoms with Gasteiger partial charge in [0, 0.05) is 19.0 Å². The number of hydrogen-bond donors (Lipinski definition) is 2. The third kappa shape index (κ3) is 4.87. The third-order valence-corrected chi connectivity index (χ3v) is 6.49. The number of nitrogens with one attached hydrogen (secondary N) is 1. The van der Waals surface area contributed by atoms with Crippen molar-refractivity contribution in [3.63, 3.8) is 0 Å². The molecule has 2 aromatic carbocycles. The van der Waals surface area contributed by atoms with E-state index in [4.69, 9.17) is 4.74 Å². The van der Waals surface area contributed by atoms with E-state index < -0.39 is 24.0 Å². The number of likely N-dealkylation sites (tertiary alicyclic amines) is 1. The molecule has 7 nitrogen and oxygen atoms in total. The maximum atomic E-state index is 13.0. The van der Waals surface area contributed by atoms with Crippen LogP contribution in [-0.4, -0.2) is 53.7 Å². The van der Waals surface area contributed by atoms with Crippen molar-refractivity contribution in [2.24, 2.45) is 11.8 Å². The summed E-state index contributed by atoms with van der Waals surface area (Å²) in [6.07, 6.45) is 0.252. The van der Waals surface area contributed by atoms with Gasteiger partial charge in [-0.05, 0) is 41.0 Å². The van der Waals surface area contributed by atoms with Crippen LogP contribution in [0.25, 0.3) is 11.1 Å². The molecule has 33 heavy (non-hydrogen) atoms. The lowest BCUT2D eigenvalue weighted by molar-refractivity contribution is -0.141. The zero-order valence-electron chi connectivity index (χ0n) is 19.0. The lowest BCUT2D eigenvalue weighted by Gasteiger charge is -2.25. The van der Waals surface area contributed by atoms with Gasteiger partial charge in [0.2, 0.25) is 5.91 Å². The van der Waals surface area contributed by atoms with E-state index in [-0.39, 0.29) is 30.9 Å². The van der Waals surface area contributed by atoms with Crippen LogP contribution in [0.5, 0.6) is 0 Å². The first-order chi connectivity index (χ1) is 15.8. The summed E-state index contributed by atoms with van der Waals surface area (Å²) in [6.45, 7) is 4.69. The van der Waals surface area contributed by atoms with Gasteiger partial charge in [0.15, 0.2) is 0 Å². The van der Waals surface area contributed by atoms with Crippen molar-refractivity contribution in [2.75, 3.05) is 19.7 Å². The minimum atomic E-state index is -0.893. The van der Waals surface area contributed by atoms with Crippen LogP contribution >= 0.6 is 0 Å². The Hall–Kier alpha value is -3.35. The van der Waals surface area contributed by atoms with Crippen LogP contribution in [0.1, 0.15) is 43.7 Å². The van der Waals surface area contributed by atoms with Gasteiger partial charge >= 0.3 is 12.1 Å². The summed E-state index contributed by atoms with van der Waals surface area (Å²) < 4.78 is 5.61. The number of alkyl carbamates (subject to hydrolysis) is 1. The van der Waals surface area contributed by atoms with Gasteiger partial charge in [-0.1, -0.05) is 62.4 Å². The molecular formula is C26H30N2O5. The lowest BCUT2D eigenvalue weighted by atomic mass is 9.98. The molecule has 2 amide bonds. The van der Waals surface area contributed by atoms with Gasteiger partial charge in [-0.2, -0.15) is 0 Å². The Labute approximate surface area is 193 Å². The number of carbonyl (C=O) groups is 3. The van der Waals surface area contributed by atoms with E-state index >= 15 is 0 Å². The van der Waals surface area contributed by atoms with E-state index in [0.29, 0.717) is 19.4 Å². The average molecular weight is 451 g/mol. The molecule has 1 saturated heterocycles. The predicted molar refractivity (Wildman–Crippen MR) is 124 cm³/mol. The van der Waals surface area contributed by atoms with Crippen molar-refractivity contribution in [3.05, 3.63) is 59.7 Å². The highest BCUT2D eigenvalue weighted by Crippen LogP contribution is 2.44. The molecule has 1 unspecified atom stereocenters. The Morgan fingerprint density at radius 2 is 1.67 bits per heavy atom. The van der Waals surface area contributed by atoms with Gasteiger partial charge in [0.25, 0.3) is 0 Å². The van der Waals surface area contributed by atoms with Crippen molar-refractivity contribution in [1.29, 1.82) is 0 Å². The third-order valence-electron chi connectivity index (χ3n) is 6.49. The van der Waals surface area contributed by atoms with Crippen molar-refractivity contribution < 1.29 is 24.2 Å². The van der Waals surface area contributed by atoms with E-state index in [1.54, 1.807) is 0 Å². The van der Waals surface area contributed by atoms with Crippen molar-refractivity contribution in [2.45, 2.75) is 38.6 Å². The van der Waals surface area contributed by atoms with Crippen LogP contribution in [0.3, 0.4) is 0 Å². The molecule has 0 spiro atoms. The number of carboxylic acid groups (broad SMARTS) is 1. The number of fused-ring (bicyclic) bond motifs is 3. The molecule has 0 radical (unpaired) electrons. The van der Waals surface area contributed by atoms with Crippen LogP contribution < -0.4 is 5.32 Å². The summed E-state index contributed by atoms with van der Waals surface area (Å²) in [4.78, 5) is 38.5. The molecular weight excluding hydrogens is 420 g/mol. The quantitative estimate of drug-likeness (QED) is 0.668. The standard InChI is InChI=1S/C26H30N2O5/c1-16(2)13-23(24(29)28-12-11-17(14-28)25(30)31)27-26(32)33-15-22-20-9-5-3-7-18(20)19-8-4-6-10-21(19)22/h3-10,16-17,22-23H,11-15H2,1-2H3,(H,27,32)(H,30,31)/t17?,23-/m0/s1. The number of nitrogens with zero attached hydrogens (tertiary/aromatic N) is 1. The highest BCUT2D eigenvalue weighted by atomic mass is 16.5. The van der Waals surface area contributed by atoms with E-state index in [1.807, 2.05) is 38.1 Å². The van der Waals surface area contributed by atoms with Gasteiger partial charge in [0.1, 0.15) is 12.6 Å². The van der Waals surface area contributed by atoms with Gasteiger partial charge in [-0.3, -0.25) is 9.59 Å². The SMILES string of the molecule is CC(C)C[C@H](NC(=O)OCC1c2ccccc2-c2ccccc21)C(=O)N1CCC(C(=O)O)C1. The second-order valence-corrected chi connectivity index (χ2v) is 9.26. The van der Waals surface area contributed by atoms with Crippen molar-refractivity contribution >= 4 is 18.0 Å². The Bertz CT molecular complexity index is 1000. The van der Waals surface area contributed by atoms with Crippen molar-refractivity contribution in [3.8, 4) is 11.1 Å². The summed E-state index contributed by atoms with van der Waals surface area (Å²) in [5, 5.41) is 12.0. The first-order valence-corrected chi connectivity index (χ1v) is 11.5.